The Morgan fingerprint density at radius 2 is 2.15 bits per heavy atom. The molecule has 0 aromatic heterocycles. The second-order valence-corrected chi connectivity index (χ2v) is 3.65. The molecule has 0 spiro atoms. The summed E-state index contributed by atoms with van der Waals surface area (Å²) in [6, 6.07) is 4.48. The number of rotatable bonds is 2. The lowest BCUT2D eigenvalue weighted by molar-refractivity contribution is 0.210. The summed E-state index contributed by atoms with van der Waals surface area (Å²) >= 11 is 5.86. The van der Waals surface area contributed by atoms with Crippen molar-refractivity contribution in [2.75, 3.05) is 6.61 Å². The Bertz CT molecular complexity index is 312. The Morgan fingerprint density at radius 1 is 1.54 bits per heavy atom. The minimum Gasteiger partial charge on any atom is -0.508 e. The summed E-state index contributed by atoms with van der Waals surface area (Å²) in [5, 5.41) is 18.6. The number of aliphatic hydroxyl groups excluding tert-OH is 1. The molecule has 0 heterocycles. The number of benzene rings is 1. The molecule has 72 valence electrons. The molecule has 0 fully saturated rings. The minimum atomic E-state index is -0.921. The van der Waals surface area contributed by atoms with E-state index in [4.69, 9.17) is 22.4 Å². The van der Waals surface area contributed by atoms with Gasteiger partial charge in [0.2, 0.25) is 0 Å². The second kappa shape index (κ2) is 3.54. The zero-order valence-electron chi connectivity index (χ0n) is 7.29. The summed E-state index contributed by atoms with van der Waals surface area (Å²) in [5.74, 6) is 0.0875. The van der Waals surface area contributed by atoms with Gasteiger partial charge in [0.15, 0.2) is 0 Å². The molecule has 0 saturated heterocycles. The van der Waals surface area contributed by atoms with Gasteiger partial charge in [0, 0.05) is 5.02 Å². The normalized spacial score (nSPS) is 15.4. The van der Waals surface area contributed by atoms with Crippen molar-refractivity contribution >= 4 is 11.6 Å². The molecule has 0 aliphatic rings. The number of halogens is 1. The zero-order chi connectivity index (χ0) is 10.1. The zero-order valence-corrected chi connectivity index (χ0v) is 8.04. The quantitative estimate of drug-likeness (QED) is 0.674. The van der Waals surface area contributed by atoms with Gasteiger partial charge in [-0.2, -0.15) is 0 Å². The molecule has 0 saturated carbocycles. The van der Waals surface area contributed by atoms with Crippen molar-refractivity contribution in [3.05, 3.63) is 28.8 Å². The van der Waals surface area contributed by atoms with Gasteiger partial charge in [-0.3, -0.25) is 0 Å². The van der Waals surface area contributed by atoms with E-state index in [9.17, 15) is 5.11 Å². The number of aromatic hydroxyl groups is 1. The van der Waals surface area contributed by atoms with Crippen molar-refractivity contribution in [2.45, 2.75) is 12.5 Å². The van der Waals surface area contributed by atoms with Crippen molar-refractivity contribution < 1.29 is 10.2 Å². The molecule has 3 nitrogen and oxygen atoms in total. The van der Waals surface area contributed by atoms with E-state index in [0.29, 0.717) is 10.6 Å². The molecule has 1 atom stereocenters. The molecule has 13 heavy (non-hydrogen) atoms. The Kier molecular flexibility index (Phi) is 2.81. The van der Waals surface area contributed by atoms with E-state index in [0.717, 1.165) is 0 Å². The first-order valence-electron chi connectivity index (χ1n) is 3.86. The van der Waals surface area contributed by atoms with Crippen LogP contribution in [0.4, 0.5) is 0 Å². The van der Waals surface area contributed by atoms with E-state index in [1.54, 1.807) is 13.0 Å². The van der Waals surface area contributed by atoms with E-state index >= 15 is 0 Å². The lowest BCUT2D eigenvalue weighted by Crippen LogP contribution is -2.37. The molecule has 0 amide bonds. The average molecular weight is 202 g/mol. The van der Waals surface area contributed by atoms with Crippen LogP contribution >= 0.6 is 11.6 Å². The van der Waals surface area contributed by atoms with Gasteiger partial charge in [-0.25, -0.2) is 0 Å². The Balaban J connectivity index is 3.20. The number of hydrogen-bond acceptors (Lipinski definition) is 3. The smallest absolute Gasteiger partial charge is 0.116 e. The molecule has 1 aromatic rings. The molecule has 0 aliphatic carbocycles. The van der Waals surface area contributed by atoms with Crippen LogP contribution in [-0.2, 0) is 5.54 Å². The van der Waals surface area contributed by atoms with Gasteiger partial charge in [-0.1, -0.05) is 11.6 Å². The first kappa shape index (κ1) is 10.3. The van der Waals surface area contributed by atoms with Crippen molar-refractivity contribution in [2.24, 2.45) is 5.73 Å². The van der Waals surface area contributed by atoms with E-state index in [2.05, 4.69) is 0 Å². The molecule has 0 aliphatic heterocycles. The highest BCUT2D eigenvalue weighted by Gasteiger charge is 2.23. The number of phenolic OH excluding ortho intramolecular Hbond substituents is 1. The maximum absolute atomic E-state index is 9.20. The fraction of sp³-hybridized carbons (Fsp3) is 0.333. The van der Waals surface area contributed by atoms with Gasteiger partial charge in [0.05, 0.1) is 12.1 Å². The summed E-state index contributed by atoms with van der Waals surface area (Å²) in [5.41, 5.74) is 5.38. The van der Waals surface area contributed by atoms with Gasteiger partial charge in [-0.15, -0.1) is 0 Å². The molecular formula is C9H12ClNO2. The van der Waals surface area contributed by atoms with Crippen molar-refractivity contribution in [3.63, 3.8) is 0 Å². The highest BCUT2D eigenvalue weighted by Crippen LogP contribution is 2.28. The summed E-state index contributed by atoms with van der Waals surface area (Å²) in [4.78, 5) is 0. The van der Waals surface area contributed by atoms with Gasteiger partial charge in [0.1, 0.15) is 5.75 Å². The number of nitrogens with two attached hydrogens (primary N) is 1. The fourth-order valence-corrected chi connectivity index (χ4v) is 1.37. The number of hydrogen-bond donors (Lipinski definition) is 3. The number of aliphatic hydroxyl groups is 1. The lowest BCUT2D eigenvalue weighted by atomic mass is 9.94. The summed E-state index contributed by atoms with van der Waals surface area (Å²) in [6.45, 7) is 1.42. The maximum Gasteiger partial charge on any atom is 0.116 e. The van der Waals surface area contributed by atoms with Crippen LogP contribution in [0.3, 0.4) is 0 Å². The molecule has 4 heteroatoms. The SMILES string of the molecule is C[C@@](N)(CO)c1cc(O)ccc1Cl. The molecule has 0 unspecified atom stereocenters. The van der Waals surface area contributed by atoms with E-state index in [1.165, 1.54) is 12.1 Å². The molecular weight excluding hydrogens is 190 g/mol. The highest BCUT2D eigenvalue weighted by molar-refractivity contribution is 6.31. The van der Waals surface area contributed by atoms with Crippen LogP contribution < -0.4 is 5.73 Å². The molecule has 0 radical (unpaired) electrons. The molecule has 0 bridgehead atoms. The Hall–Kier alpha value is -0.770. The van der Waals surface area contributed by atoms with Crippen LogP contribution in [0.25, 0.3) is 0 Å². The predicted molar refractivity (Wildman–Crippen MR) is 51.7 cm³/mol. The Labute approximate surface area is 81.8 Å². The highest BCUT2D eigenvalue weighted by atomic mass is 35.5. The summed E-state index contributed by atoms with van der Waals surface area (Å²) < 4.78 is 0. The fourth-order valence-electron chi connectivity index (χ4n) is 1.04. The molecule has 1 rings (SSSR count). The van der Waals surface area contributed by atoms with Crippen molar-refractivity contribution in [3.8, 4) is 5.75 Å². The third kappa shape index (κ3) is 2.12. The standard InChI is InChI=1S/C9H12ClNO2/c1-9(11,5-12)7-4-6(13)2-3-8(7)10/h2-4,12-13H,5,11H2,1H3/t9-/m1/s1. The topological polar surface area (TPSA) is 66.5 Å². The van der Waals surface area contributed by atoms with E-state index in [1.807, 2.05) is 0 Å². The first-order valence-corrected chi connectivity index (χ1v) is 4.24. The monoisotopic (exact) mass is 201 g/mol. The first-order chi connectivity index (χ1) is 5.97. The van der Waals surface area contributed by atoms with Gasteiger partial charge >= 0.3 is 0 Å². The summed E-state index contributed by atoms with van der Waals surface area (Å²) in [7, 11) is 0. The second-order valence-electron chi connectivity index (χ2n) is 3.24. The largest absolute Gasteiger partial charge is 0.508 e. The van der Waals surface area contributed by atoms with Crippen LogP contribution in [-0.4, -0.2) is 16.8 Å². The third-order valence-electron chi connectivity index (χ3n) is 1.89. The van der Waals surface area contributed by atoms with Crippen LogP contribution in [0.2, 0.25) is 5.02 Å². The molecule has 4 N–H and O–H groups in total. The van der Waals surface area contributed by atoms with E-state index in [-0.39, 0.29) is 12.4 Å². The lowest BCUT2D eigenvalue weighted by Gasteiger charge is -2.23. The maximum atomic E-state index is 9.20. The predicted octanol–water partition coefficient (Wildman–Crippen LogP) is 1.21. The average Bonchev–Trinajstić information content (AvgIpc) is 2.09. The van der Waals surface area contributed by atoms with Crippen molar-refractivity contribution in [1.29, 1.82) is 0 Å². The summed E-state index contributed by atoms with van der Waals surface area (Å²) in [6.07, 6.45) is 0. The van der Waals surface area contributed by atoms with Crippen LogP contribution in [0.1, 0.15) is 12.5 Å². The third-order valence-corrected chi connectivity index (χ3v) is 2.22. The van der Waals surface area contributed by atoms with Crippen LogP contribution in [0, 0.1) is 0 Å². The van der Waals surface area contributed by atoms with Gasteiger partial charge in [0.25, 0.3) is 0 Å². The van der Waals surface area contributed by atoms with Crippen LogP contribution in [0.5, 0.6) is 5.75 Å². The Morgan fingerprint density at radius 3 is 2.69 bits per heavy atom. The van der Waals surface area contributed by atoms with Crippen LogP contribution in [0.15, 0.2) is 18.2 Å². The van der Waals surface area contributed by atoms with E-state index < -0.39 is 5.54 Å². The minimum absolute atomic E-state index is 0.0875. The molecule has 1 aromatic carbocycles. The van der Waals surface area contributed by atoms with Crippen molar-refractivity contribution in [1.82, 2.24) is 0 Å². The van der Waals surface area contributed by atoms with Gasteiger partial charge in [-0.05, 0) is 30.7 Å². The van der Waals surface area contributed by atoms with Gasteiger partial charge < -0.3 is 15.9 Å². The number of phenols is 1.